The van der Waals surface area contributed by atoms with E-state index in [1.165, 1.54) is 11.8 Å². The average Bonchev–Trinajstić information content (AvgIpc) is 2.54. The third kappa shape index (κ3) is 4.46. The Hall–Kier alpha value is -2.08. The van der Waals surface area contributed by atoms with Crippen LogP contribution in [0.4, 0.5) is 0 Å². The summed E-state index contributed by atoms with van der Waals surface area (Å²) in [5.41, 5.74) is 1.77. The van der Waals surface area contributed by atoms with E-state index >= 15 is 0 Å². The zero-order valence-corrected chi connectivity index (χ0v) is 12.7. The van der Waals surface area contributed by atoms with Gasteiger partial charge in [-0.3, -0.25) is 4.79 Å². The van der Waals surface area contributed by atoms with Crippen LogP contribution >= 0.6 is 11.8 Å². The minimum Gasteiger partial charge on any atom is -0.497 e. The molecule has 0 unspecified atom stereocenters. The fourth-order valence-electron chi connectivity index (χ4n) is 1.66. The Labute approximate surface area is 127 Å². The number of carbonyl (C=O) groups excluding carboxylic acids is 1. The van der Waals surface area contributed by atoms with Crippen LogP contribution in [0.2, 0.25) is 0 Å². The van der Waals surface area contributed by atoms with Crippen molar-refractivity contribution >= 4 is 17.7 Å². The van der Waals surface area contributed by atoms with E-state index in [1.54, 1.807) is 20.2 Å². The normalized spacial score (nSPS) is 10.2. The topological polar surface area (TPSA) is 61.3 Å². The zero-order valence-electron chi connectivity index (χ0n) is 11.9. The van der Waals surface area contributed by atoms with Gasteiger partial charge in [-0.25, -0.2) is 9.97 Å². The summed E-state index contributed by atoms with van der Waals surface area (Å²) < 4.78 is 10.0. The van der Waals surface area contributed by atoms with Crippen molar-refractivity contribution in [1.29, 1.82) is 0 Å². The number of hydrogen-bond donors (Lipinski definition) is 0. The van der Waals surface area contributed by atoms with E-state index < -0.39 is 0 Å². The highest BCUT2D eigenvalue weighted by atomic mass is 32.2. The Morgan fingerprint density at radius 2 is 2.00 bits per heavy atom. The molecule has 0 aliphatic heterocycles. The van der Waals surface area contributed by atoms with Crippen LogP contribution < -0.4 is 4.74 Å². The van der Waals surface area contributed by atoms with Crippen molar-refractivity contribution in [3.05, 3.63) is 36.5 Å². The Balaban J connectivity index is 2.07. The van der Waals surface area contributed by atoms with E-state index in [-0.39, 0.29) is 11.7 Å². The van der Waals surface area contributed by atoms with Gasteiger partial charge in [0.1, 0.15) is 5.75 Å². The molecule has 0 amide bonds. The van der Waals surface area contributed by atoms with Crippen LogP contribution in [0.1, 0.15) is 6.92 Å². The number of hydrogen-bond acceptors (Lipinski definition) is 6. The Bertz CT molecular complexity index is 602. The van der Waals surface area contributed by atoms with Crippen molar-refractivity contribution in [3.63, 3.8) is 0 Å². The highest BCUT2D eigenvalue weighted by molar-refractivity contribution is 7.99. The van der Waals surface area contributed by atoms with Gasteiger partial charge < -0.3 is 9.47 Å². The van der Waals surface area contributed by atoms with Gasteiger partial charge in [-0.15, -0.1) is 0 Å². The van der Waals surface area contributed by atoms with Crippen LogP contribution in [-0.4, -0.2) is 35.4 Å². The van der Waals surface area contributed by atoms with Gasteiger partial charge in [0.2, 0.25) is 0 Å². The standard InChI is InChI=1S/C15H16N2O3S/c1-3-20-14(18)10-21-15-16-9-8-13(17-15)11-4-6-12(19-2)7-5-11/h4-9H,3,10H2,1-2H3. The van der Waals surface area contributed by atoms with Gasteiger partial charge in [-0.2, -0.15) is 0 Å². The first-order valence-electron chi connectivity index (χ1n) is 6.49. The number of esters is 1. The molecule has 0 aliphatic rings. The molecule has 2 rings (SSSR count). The molecule has 0 atom stereocenters. The number of carbonyl (C=O) groups is 1. The molecule has 21 heavy (non-hydrogen) atoms. The summed E-state index contributed by atoms with van der Waals surface area (Å²) in [5.74, 6) is 0.741. The molecule has 0 saturated carbocycles. The summed E-state index contributed by atoms with van der Waals surface area (Å²) in [6, 6.07) is 9.45. The van der Waals surface area contributed by atoms with Crippen LogP contribution in [0.15, 0.2) is 41.7 Å². The molecule has 0 bridgehead atoms. The fourth-order valence-corrected chi connectivity index (χ4v) is 2.29. The van der Waals surface area contributed by atoms with Gasteiger partial charge in [0.05, 0.1) is 25.2 Å². The molecule has 6 heteroatoms. The smallest absolute Gasteiger partial charge is 0.316 e. The second kappa shape index (κ2) is 7.64. The van der Waals surface area contributed by atoms with E-state index in [0.717, 1.165) is 17.0 Å². The lowest BCUT2D eigenvalue weighted by molar-refractivity contribution is -0.139. The molecule has 2 aromatic rings. The van der Waals surface area contributed by atoms with E-state index in [2.05, 4.69) is 9.97 Å². The average molecular weight is 304 g/mol. The third-order valence-corrected chi connectivity index (χ3v) is 3.48. The first-order valence-corrected chi connectivity index (χ1v) is 7.47. The van der Waals surface area contributed by atoms with Gasteiger partial charge in [-0.05, 0) is 37.3 Å². The quantitative estimate of drug-likeness (QED) is 0.464. The zero-order chi connectivity index (χ0) is 15.1. The molecule has 0 N–H and O–H groups in total. The predicted molar refractivity (Wildman–Crippen MR) is 81.4 cm³/mol. The van der Waals surface area contributed by atoms with E-state index in [4.69, 9.17) is 9.47 Å². The van der Waals surface area contributed by atoms with Gasteiger partial charge in [0, 0.05) is 11.8 Å². The molecular weight excluding hydrogens is 288 g/mol. The van der Waals surface area contributed by atoms with Crippen LogP contribution in [0.3, 0.4) is 0 Å². The first kappa shape index (κ1) is 15.3. The number of rotatable bonds is 6. The maximum atomic E-state index is 11.3. The number of methoxy groups -OCH3 is 1. The third-order valence-electron chi connectivity index (χ3n) is 2.64. The second-order valence-electron chi connectivity index (χ2n) is 4.05. The lowest BCUT2D eigenvalue weighted by Gasteiger charge is -2.05. The molecule has 0 fully saturated rings. The van der Waals surface area contributed by atoms with Gasteiger partial charge >= 0.3 is 5.97 Å². The predicted octanol–water partition coefficient (Wildman–Crippen LogP) is 2.81. The molecular formula is C15H16N2O3S. The SMILES string of the molecule is CCOC(=O)CSc1nccc(-c2ccc(OC)cc2)n1. The maximum Gasteiger partial charge on any atom is 0.316 e. The van der Waals surface area contributed by atoms with Crippen molar-refractivity contribution in [2.45, 2.75) is 12.1 Å². The van der Waals surface area contributed by atoms with E-state index in [0.29, 0.717) is 11.8 Å². The van der Waals surface area contributed by atoms with E-state index in [1.807, 2.05) is 30.3 Å². The number of ether oxygens (including phenoxy) is 2. The van der Waals surface area contributed by atoms with Gasteiger partial charge in [0.15, 0.2) is 5.16 Å². The lowest BCUT2D eigenvalue weighted by atomic mass is 10.1. The highest BCUT2D eigenvalue weighted by Gasteiger charge is 2.07. The van der Waals surface area contributed by atoms with Crippen molar-refractivity contribution in [2.24, 2.45) is 0 Å². The number of thioether (sulfide) groups is 1. The number of nitrogens with zero attached hydrogens (tertiary/aromatic N) is 2. The first-order chi connectivity index (χ1) is 10.2. The van der Waals surface area contributed by atoms with Crippen molar-refractivity contribution < 1.29 is 14.3 Å². The number of aromatic nitrogens is 2. The Kier molecular flexibility index (Phi) is 5.57. The molecule has 5 nitrogen and oxygen atoms in total. The molecule has 0 aliphatic carbocycles. The monoisotopic (exact) mass is 304 g/mol. The Morgan fingerprint density at radius 1 is 1.24 bits per heavy atom. The van der Waals surface area contributed by atoms with Crippen molar-refractivity contribution in [1.82, 2.24) is 9.97 Å². The highest BCUT2D eigenvalue weighted by Crippen LogP contribution is 2.22. The molecule has 110 valence electrons. The summed E-state index contributed by atoms with van der Waals surface area (Å²) in [5, 5.41) is 0.552. The van der Waals surface area contributed by atoms with E-state index in [9.17, 15) is 4.79 Å². The summed E-state index contributed by atoms with van der Waals surface area (Å²) in [4.78, 5) is 19.9. The summed E-state index contributed by atoms with van der Waals surface area (Å²) in [6.45, 7) is 2.16. The van der Waals surface area contributed by atoms with Crippen molar-refractivity contribution in [3.8, 4) is 17.0 Å². The summed E-state index contributed by atoms with van der Waals surface area (Å²) in [7, 11) is 1.63. The minimum atomic E-state index is -0.263. The lowest BCUT2D eigenvalue weighted by Crippen LogP contribution is -2.07. The van der Waals surface area contributed by atoms with Crippen LogP contribution in [0.25, 0.3) is 11.3 Å². The summed E-state index contributed by atoms with van der Waals surface area (Å²) >= 11 is 1.26. The van der Waals surface area contributed by atoms with Crippen LogP contribution in [-0.2, 0) is 9.53 Å². The molecule has 0 spiro atoms. The molecule has 1 heterocycles. The van der Waals surface area contributed by atoms with Crippen LogP contribution in [0.5, 0.6) is 5.75 Å². The molecule has 1 aromatic carbocycles. The van der Waals surface area contributed by atoms with Crippen LogP contribution in [0, 0.1) is 0 Å². The molecule has 0 saturated heterocycles. The van der Waals surface area contributed by atoms with Crippen molar-refractivity contribution in [2.75, 3.05) is 19.5 Å². The number of benzene rings is 1. The van der Waals surface area contributed by atoms with Gasteiger partial charge in [0.25, 0.3) is 0 Å². The minimum absolute atomic E-state index is 0.208. The maximum absolute atomic E-state index is 11.3. The summed E-state index contributed by atoms with van der Waals surface area (Å²) in [6.07, 6.45) is 1.68. The molecule has 0 radical (unpaired) electrons. The molecule has 1 aromatic heterocycles. The van der Waals surface area contributed by atoms with Gasteiger partial charge in [-0.1, -0.05) is 11.8 Å². The second-order valence-corrected chi connectivity index (χ2v) is 4.99. The Morgan fingerprint density at radius 3 is 2.67 bits per heavy atom. The largest absolute Gasteiger partial charge is 0.497 e. The fraction of sp³-hybridized carbons (Fsp3) is 0.267.